The fourth-order valence-electron chi connectivity index (χ4n) is 7.10. The first-order valence-electron chi connectivity index (χ1n) is 20.8. The quantitative estimate of drug-likeness (QED) is 0.0539. The van der Waals surface area contributed by atoms with Crippen molar-refractivity contribution in [3.8, 4) is 34.0 Å². The molecule has 3 unspecified atom stereocenters. The van der Waals surface area contributed by atoms with Crippen molar-refractivity contribution in [1.29, 1.82) is 0 Å². The van der Waals surface area contributed by atoms with Gasteiger partial charge in [0.25, 0.3) is 6.17 Å². The number of fused-ring (bicyclic) bond motifs is 2. The summed E-state index contributed by atoms with van der Waals surface area (Å²) in [6.45, 7) is 7.90. The Bertz CT molecular complexity index is 2760. The number of benzene rings is 2. The first-order chi connectivity index (χ1) is 30.7. The Kier molecular flexibility index (Phi) is 13.1. The van der Waals surface area contributed by atoms with Crippen LogP contribution in [0.3, 0.4) is 0 Å². The number of aromatic amines is 1. The molecule has 0 aliphatic carbocycles. The first kappa shape index (κ1) is 42.6. The third-order valence-corrected chi connectivity index (χ3v) is 10.5. The Morgan fingerprint density at radius 1 is 0.762 bits per heavy atom. The minimum atomic E-state index is -0.747. The molecule has 8 N–H and O–H groups in total. The molecule has 19 nitrogen and oxygen atoms in total. The average molecular weight is 855 g/mol. The van der Waals surface area contributed by atoms with Gasteiger partial charge in [0.15, 0.2) is 29.5 Å². The number of aliphatic hydroxyl groups excluding tert-OH is 2. The molecule has 0 aliphatic rings. The second kappa shape index (κ2) is 19.3. The van der Waals surface area contributed by atoms with Gasteiger partial charge in [0, 0.05) is 67.2 Å². The van der Waals surface area contributed by atoms with E-state index in [-0.39, 0.29) is 32.0 Å². The van der Waals surface area contributed by atoms with Crippen LogP contribution in [0, 0.1) is 0 Å². The molecule has 326 valence electrons. The zero-order valence-corrected chi connectivity index (χ0v) is 35.6. The Labute approximate surface area is 363 Å². The molecular weight excluding hydrogens is 803 g/mol. The number of anilines is 2. The standard InChI is InChI=1S/C44H52N15O4/c1-27(2)58-43-36(22-49-58)40(17-38(51-43)30-7-5-9-34(15-30)62-25-32(60)19-45)47-20-29-11-13-57(14-12-29)28(3)59-44-37(23-50-59)41(48-24-42-53-55-56-54-42)18-39(52-44)31-8-6-10-35(16-31)63-26-33(61)21-46-4/h5-18,22-23,27-28,32-33,46,60-61H,19-21,24-26,45H2,1-4H3,(H,47,51)(H,48,52)(H,53,54,55,56)/q+1. The number of nitrogens with zero attached hydrogens (tertiary/aromatic N) is 10. The maximum absolute atomic E-state index is 10.2. The van der Waals surface area contributed by atoms with Gasteiger partial charge in [-0.25, -0.2) is 14.6 Å². The van der Waals surface area contributed by atoms with Gasteiger partial charge in [-0.3, -0.25) is 0 Å². The summed E-state index contributed by atoms with van der Waals surface area (Å²) in [5, 5.41) is 55.8. The van der Waals surface area contributed by atoms with E-state index in [0.29, 0.717) is 48.3 Å². The molecule has 19 heteroatoms. The smallest absolute Gasteiger partial charge is 0.251 e. The van der Waals surface area contributed by atoms with E-state index >= 15 is 0 Å². The van der Waals surface area contributed by atoms with Crippen molar-refractivity contribution in [2.24, 2.45) is 5.73 Å². The van der Waals surface area contributed by atoms with Gasteiger partial charge >= 0.3 is 0 Å². The zero-order valence-electron chi connectivity index (χ0n) is 35.6. The van der Waals surface area contributed by atoms with Crippen molar-refractivity contribution in [3.05, 3.63) is 109 Å². The van der Waals surface area contributed by atoms with E-state index in [2.05, 4.69) is 79.1 Å². The van der Waals surface area contributed by atoms with Crippen LogP contribution in [0.5, 0.6) is 11.5 Å². The molecule has 8 aromatic rings. The van der Waals surface area contributed by atoms with Crippen LogP contribution >= 0.6 is 0 Å². The summed E-state index contributed by atoms with van der Waals surface area (Å²) >= 11 is 0. The summed E-state index contributed by atoms with van der Waals surface area (Å²) in [4.78, 5) is 10.2. The normalized spacial score (nSPS) is 13.1. The van der Waals surface area contributed by atoms with Gasteiger partial charge in [0.1, 0.15) is 36.9 Å². The molecule has 0 fully saturated rings. The topological polar surface area (TPSA) is 241 Å². The van der Waals surface area contributed by atoms with Gasteiger partial charge in [-0.05, 0) is 62.9 Å². The molecule has 0 saturated heterocycles. The second-order valence-corrected chi connectivity index (χ2v) is 15.5. The van der Waals surface area contributed by atoms with Crippen LogP contribution in [0.2, 0.25) is 0 Å². The molecule has 6 aromatic heterocycles. The van der Waals surface area contributed by atoms with Gasteiger partial charge in [-0.1, -0.05) is 29.5 Å². The summed E-state index contributed by atoms with van der Waals surface area (Å²) in [6, 6.07) is 23.6. The maximum atomic E-state index is 10.2. The summed E-state index contributed by atoms with van der Waals surface area (Å²) in [7, 11) is 1.79. The molecule has 0 aliphatic heterocycles. The number of nitrogens with two attached hydrogens (primary N) is 1. The minimum Gasteiger partial charge on any atom is -0.491 e. The lowest BCUT2D eigenvalue weighted by Crippen LogP contribution is -2.41. The largest absolute Gasteiger partial charge is 0.491 e. The number of rotatable bonds is 20. The summed E-state index contributed by atoms with van der Waals surface area (Å²) in [5.74, 6) is 1.75. The number of hydrogen-bond donors (Lipinski definition) is 7. The summed E-state index contributed by atoms with van der Waals surface area (Å²) in [5.41, 5.74) is 12.9. The number of hydrogen-bond acceptors (Lipinski definition) is 15. The van der Waals surface area contributed by atoms with Crippen LogP contribution in [0.15, 0.2) is 97.6 Å². The first-order valence-corrected chi connectivity index (χ1v) is 20.8. The van der Waals surface area contributed by atoms with Crippen LogP contribution in [0.1, 0.15) is 44.4 Å². The Balaban J connectivity index is 1.04. The molecular formula is C44H52N15O4+. The highest BCUT2D eigenvalue weighted by Gasteiger charge is 2.22. The van der Waals surface area contributed by atoms with Crippen LogP contribution in [-0.4, -0.2) is 106 Å². The molecule has 0 bridgehead atoms. The van der Waals surface area contributed by atoms with Gasteiger partial charge in [0.05, 0.1) is 41.1 Å². The summed E-state index contributed by atoms with van der Waals surface area (Å²) < 4.78 is 17.6. The van der Waals surface area contributed by atoms with E-state index in [0.717, 1.165) is 50.2 Å². The SMILES string of the molecule is CNCC(O)COc1cccc(-c2cc(NCc3nn[nH]n3)c3cnn(C(C)[n+]4ccc(CNc5cc(-c6cccc(OCC(O)CN)c6)nc6c5cnn6C(C)C)cc4)c3n2)c1. The lowest BCUT2D eigenvalue weighted by Gasteiger charge is -2.14. The number of aliphatic hydroxyl groups is 2. The Morgan fingerprint density at radius 2 is 1.35 bits per heavy atom. The molecule has 0 saturated carbocycles. The highest BCUT2D eigenvalue weighted by molar-refractivity contribution is 5.93. The van der Waals surface area contributed by atoms with Crippen molar-refractivity contribution in [3.63, 3.8) is 0 Å². The number of ether oxygens (including phenoxy) is 2. The fraction of sp³-hybridized carbons (Fsp3) is 0.318. The number of H-pyrrole nitrogens is 1. The molecule has 2 aromatic carbocycles. The van der Waals surface area contributed by atoms with E-state index in [1.807, 2.05) is 94.8 Å². The van der Waals surface area contributed by atoms with Crippen LogP contribution < -0.4 is 35.7 Å². The van der Waals surface area contributed by atoms with E-state index in [1.54, 1.807) is 7.05 Å². The predicted octanol–water partition coefficient (Wildman–Crippen LogP) is 3.84. The fourth-order valence-corrected chi connectivity index (χ4v) is 7.10. The molecule has 6 heterocycles. The van der Waals surface area contributed by atoms with Crippen molar-refractivity contribution in [2.75, 3.05) is 44.0 Å². The molecule has 0 radical (unpaired) electrons. The predicted molar refractivity (Wildman–Crippen MR) is 238 cm³/mol. The lowest BCUT2D eigenvalue weighted by atomic mass is 10.1. The molecule has 63 heavy (non-hydrogen) atoms. The number of aromatic nitrogens is 11. The molecule has 3 atom stereocenters. The Hall–Kier alpha value is -7.06. The second-order valence-electron chi connectivity index (χ2n) is 15.5. The number of nitrogens with one attached hydrogen (secondary N) is 4. The van der Waals surface area contributed by atoms with Gasteiger partial charge in [0.2, 0.25) is 0 Å². The van der Waals surface area contributed by atoms with Crippen molar-refractivity contribution in [2.45, 2.75) is 58.3 Å². The van der Waals surface area contributed by atoms with Crippen molar-refractivity contribution in [1.82, 2.24) is 55.5 Å². The average Bonchev–Trinajstić information content (AvgIpc) is 4.10. The number of pyridine rings is 3. The van der Waals surface area contributed by atoms with Crippen LogP contribution in [0.4, 0.5) is 11.4 Å². The van der Waals surface area contributed by atoms with Crippen LogP contribution in [-0.2, 0) is 13.1 Å². The van der Waals surface area contributed by atoms with Crippen molar-refractivity contribution < 1.29 is 24.3 Å². The van der Waals surface area contributed by atoms with E-state index in [1.165, 1.54) is 0 Å². The third-order valence-electron chi connectivity index (χ3n) is 10.5. The van der Waals surface area contributed by atoms with E-state index in [9.17, 15) is 10.2 Å². The number of tetrazole rings is 1. The van der Waals surface area contributed by atoms with Gasteiger partial charge in [-0.2, -0.15) is 24.7 Å². The molecule has 8 rings (SSSR count). The van der Waals surface area contributed by atoms with Crippen LogP contribution in [0.25, 0.3) is 44.6 Å². The van der Waals surface area contributed by atoms with Gasteiger partial charge in [-0.15, -0.1) is 10.2 Å². The van der Waals surface area contributed by atoms with Gasteiger partial charge < -0.3 is 41.4 Å². The third kappa shape index (κ3) is 9.86. The highest BCUT2D eigenvalue weighted by Crippen LogP contribution is 2.33. The van der Waals surface area contributed by atoms with E-state index in [4.69, 9.17) is 30.3 Å². The minimum absolute atomic E-state index is 0.101. The molecule has 0 amide bonds. The Morgan fingerprint density at radius 3 is 1.92 bits per heavy atom. The summed E-state index contributed by atoms with van der Waals surface area (Å²) in [6.07, 6.45) is 6.10. The number of likely N-dealkylation sites (N-methyl/N-ethyl adjacent to an activating group) is 1. The van der Waals surface area contributed by atoms with Crippen molar-refractivity contribution >= 4 is 33.4 Å². The van der Waals surface area contributed by atoms with E-state index < -0.39 is 12.2 Å². The lowest BCUT2D eigenvalue weighted by molar-refractivity contribution is -0.725. The monoisotopic (exact) mass is 854 g/mol. The highest BCUT2D eigenvalue weighted by atomic mass is 16.5. The maximum Gasteiger partial charge on any atom is 0.251 e. The molecule has 0 spiro atoms. The zero-order chi connectivity index (χ0) is 43.9.